The molecule has 2 heterocycles. The topological polar surface area (TPSA) is 73.0 Å². The summed E-state index contributed by atoms with van der Waals surface area (Å²) in [5.74, 6) is 0.260. The molecule has 0 aromatic carbocycles. The average molecular weight is 379 g/mol. The van der Waals surface area contributed by atoms with Crippen LogP contribution in [-0.4, -0.2) is 84.8 Å². The lowest BCUT2D eigenvalue weighted by molar-refractivity contribution is -0.138. The summed E-state index contributed by atoms with van der Waals surface area (Å²) in [6.45, 7) is 4.84. The second kappa shape index (κ2) is 8.69. The average Bonchev–Trinajstić information content (AvgIpc) is 2.63. The van der Waals surface area contributed by atoms with Gasteiger partial charge in [-0.1, -0.05) is 0 Å². The first kappa shape index (κ1) is 20.3. The lowest BCUT2D eigenvalue weighted by atomic mass is 9.74. The van der Waals surface area contributed by atoms with Gasteiger partial charge in [0.25, 0.3) is 0 Å². The Morgan fingerprint density at radius 2 is 1.89 bits per heavy atom. The van der Waals surface area contributed by atoms with Crippen LogP contribution in [0.5, 0.6) is 0 Å². The molecule has 3 rings (SSSR count). The highest BCUT2D eigenvalue weighted by atomic mass is 16.2. The van der Waals surface area contributed by atoms with E-state index < -0.39 is 0 Å². The molecule has 3 atom stereocenters. The van der Waals surface area contributed by atoms with Crippen LogP contribution in [0.25, 0.3) is 0 Å². The Morgan fingerprint density at radius 1 is 1.19 bits per heavy atom. The molecule has 3 fully saturated rings. The van der Waals surface area contributed by atoms with Crippen LogP contribution >= 0.6 is 0 Å². The molecule has 152 valence electrons. The van der Waals surface area contributed by atoms with Crippen LogP contribution in [0.1, 0.15) is 45.4 Å². The van der Waals surface area contributed by atoms with Crippen molar-refractivity contribution in [2.24, 2.45) is 11.8 Å². The summed E-state index contributed by atoms with van der Waals surface area (Å²) >= 11 is 0. The predicted octanol–water partition coefficient (Wildman–Crippen LogP) is 1.33. The monoisotopic (exact) mass is 378 g/mol. The Hall–Kier alpha value is -1.47. The zero-order valence-electron chi connectivity index (χ0n) is 16.9. The molecule has 0 spiro atoms. The van der Waals surface area contributed by atoms with Crippen molar-refractivity contribution in [3.8, 4) is 0 Å². The Bertz CT molecular complexity index is 574. The van der Waals surface area contributed by atoms with Crippen molar-refractivity contribution in [3.05, 3.63) is 0 Å². The lowest BCUT2D eigenvalue weighted by Gasteiger charge is -2.45. The van der Waals surface area contributed by atoms with Gasteiger partial charge in [-0.05, 0) is 65.7 Å². The summed E-state index contributed by atoms with van der Waals surface area (Å²) in [5.41, 5.74) is 0. The minimum atomic E-state index is -0.262. The normalized spacial score (nSPS) is 30.6. The minimum absolute atomic E-state index is 0.0914. The SMILES string of the molecule is CCN(C(=O)NC1CCN(C)CC1)C(=O)[C@@H]1C[C@@H]2CC(=O)CC[C@H]2N(C)C1. The summed E-state index contributed by atoms with van der Waals surface area (Å²) < 4.78 is 0. The Labute approximate surface area is 162 Å². The van der Waals surface area contributed by atoms with Crippen LogP contribution in [0.3, 0.4) is 0 Å². The number of hydrogen-bond acceptors (Lipinski definition) is 5. The number of likely N-dealkylation sites (tertiary alicyclic amines) is 2. The molecule has 2 saturated heterocycles. The van der Waals surface area contributed by atoms with Crippen LogP contribution < -0.4 is 5.32 Å². The lowest BCUT2D eigenvalue weighted by Crippen LogP contribution is -2.56. The summed E-state index contributed by atoms with van der Waals surface area (Å²) in [6.07, 6.45) is 4.70. The molecule has 1 N–H and O–H groups in total. The van der Waals surface area contributed by atoms with Gasteiger partial charge in [0.1, 0.15) is 5.78 Å². The minimum Gasteiger partial charge on any atom is -0.335 e. The standard InChI is InChI=1S/C20H34N4O3/c1-4-24(20(27)21-16-7-9-22(2)10-8-16)19(26)15-11-14-12-17(25)5-6-18(14)23(3)13-15/h14-16,18H,4-13H2,1-3H3,(H,21,27)/t14-,15-,18-/m1/s1. The van der Waals surface area contributed by atoms with Crippen molar-refractivity contribution in [2.75, 3.05) is 40.3 Å². The number of carbonyl (C=O) groups excluding carboxylic acids is 3. The van der Waals surface area contributed by atoms with E-state index in [-0.39, 0.29) is 29.8 Å². The number of imide groups is 1. The number of rotatable bonds is 3. The summed E-state index contributed by atoms with van der Waals surface area (Å²) in [4.78, 5) is 43.6. The molecule has 3 amide bonds. The van der Waals surface area contributed by atoms with Gasteiger partial charge in [-0.2, -0.15) is 0 Å². The van der Waals surface area contributed by atoms with Gasteiger partial charge in [0.15, 0.2) is 0 Å². The number of carbonyl (C=O) groups is 3. The van der Waals surface area contributed by atoms with Crippen LogP contribution in [0.15, 0.2) is 0 Å². The smallest absolute Gasteiger partial charge is 0.324 e. The highest BCUT2D eigenvalue weighted by Crippen LogP contribution is 2.36. The molecular formula is C20H34N4O3. The van der Waals surface area contributed by atoms with Crippen molar-refractivity contribution in [3.63, 3.8) is 0 Å². The zero-order valence-corrected chi connectivity index (χ0v) is 16.9. The van der Waals surface area contributed by atoms with Crippen LogP contribution in [0.4, 0.5) is 4.79 Å². The number of urea groups is 1. The number of nitrogens with one attached hydrogen (secondary N) is 1. The number of Topliss-reactive ketones (excluding diaryl/α,β-unsaturated/α-hetero) is 1. The molecule has 0 radical (unpaired) electrons. The van der Waals surface area contributed by atoms with E-state index in [1.807, 2.05) is 14.0 Å². The summed E-state index contributed by atoms with van der Waals surface area (Å²) in [7, 11) is 4.13. The van der Waals surface area contributed by atoms with Gasteiger partial charge in [0.05, 0.1) is 5.92 Å². The molecule has 0 bridgehead atoms. The quantitative estimate of drug-likeness (QED) is 0.802. The van der Waals surface area contributed by atoms with Crippen molar-refractivity contribution >= 4 is 17.7 Å². The van der Waals surface area contributed by atoms with Gasteiger partial charge in [-0.3, -0.25) is 14.5 Å². The first-order valence-electron chi connectivity index (χ1n) is 10.4. The number of nitrogens with zero attached hydrogens (tertiary/aromatic N) is 3. The molecule has 7 nitrogen and oxygen atoms in total. The van der Waals surface area contributed by atoms with Crippen LogP contribution in [-0.2, 0) is 9.59 Å². The maximum absolute atomic E-state index is 13.1. The van der Waals surface area contributed by atoms with E-state index in [0.29, 0.717) is 37.8 Å². The third-order valence-electron chi connectivity index (χ3n) is 6.64. The van der Waals surface area contributed by atoms with Crippen molar-refractivity contribution in [1.82, 2.24) is 20.0 Å². The van der Waals surface area contributed by atoms with Crippen LogP contribution in [0, 0.1) is 11.8 Å². The third kappa shape index (κ3) is 4.69. The van der Waals surface area contributed by atoms with Gasteiger partial charge < -0.3 is 15.1 Å². The largest absolute Gasteiger partial charge is 0.335 e. The molecule has 0 aromatic rings. The van der Waals surface area contributed by atoms with E-state index in [1.54, 1.807) is 0 Å². The van der Waals surface area contributed by atoms with Gasteiger partial charge in [0, 0.05) is 38.0 Å². The molecule has 1 saturated carbocycles. The Balaban J connectivity index is 1.60. The molecule has 1 aliphatic carbocycles. The van der Waals surface area contributed by atoms with E-state index in [1.165, 1.54) is 4.90 Å². The molecule has 0 aromatic heterocycles. The first-order valence-corrected chi connectivity index (χ1v) is 10.4. The van der Waals surface area contributed by atoms with E-state index >= 15 is 0 Å². The third-order valence-corrected chi connectivity index (χ3v) is 6.64. The molecule has 3 aliphatic rings. The highest BCUT2D eigenvalue weighted by Gasteiger charge is 2.42. The number of piperidine rings is 2. The number of ketones is 1. The second-order valence-electron chi connectivity index (χ2n) is 8.59. The molecule has 2 aliphatic heterocycles. The van der Waals surface area contributed by atoms with E-state index in [4.69, 9.17) is 0 Å². The molecule has 27 heavy (non-hydrogen) atoms. The number of hydrogen-bond donors (Lipinski definition) is 1. The summed E-state index contributed by atoms with van der Waals surface area (Å²) in [5, 5.41) is 3.06. The zero-order chi connectivity index (χ0) is 19.6. The highest BCUT2D eigenvalue weighted by molar-refractivity contribution is 5.96. The fourth-order valence-electron chi connectivity index (χ4n) is 5.02. The maximum atomic E-state index is 13.1. The summed E-state index contributed by atoms with van der Waals surface area (Å²) in [6, 6.07) is 0.279. The van der Waals surface area contributed by atoms with Gasteiger partial charge in [-0.25, -0.2) is 4.79 Å². The van der Waals surface area contributed by atoms with Crippen molar-refractivity contribution in [1.29, 1.82) is 0 Å². The van der Waals surface area contributed by atoms with Gasteiger partial charge in [-0.15, -0.1) is 0 Å². The van der Waals surface area contributed by atoms with Gasteiger partial charge in [0.2, 0.25) is 5.91 Å². The fraction of sp³-hybridized carbons (Fsp3) is 0.850. The van der Waals surface area contributed by atoms with E-state index in [0.717, 1.165) is 38.8 Å². The first-order chi connectivity index (χ1) is 12.9. The van der Waals surface area contributed by atoms with Crippen LogP contribution in [0.2, 0.25) is 0 Å². The van der Waals surface area contributed by atoms with E-state index in [9.17, 15) is 14.4 Å². The molecular weight excluding hydrogens is 344 g/mol. The van der Waals surface area contributed by atoms with Crippen molar-refractivity contribution < 1.29 is 14.4 Å². The predicted molar refractivity (Wildman–Crippen MR) is 103 cm³/mol. The fourth-order valence-corrected chi connectivity index (χ4v) is 5.02. The number of fused-ring (bicyclic) bond motifs is 1. The maximum Gasteiger partial charge on any atom is 0.324 e. The Kier molecular flexibility index (Phi) is 6.52. The molecule has 7 heteroatoms. The van der Waals surface area contributed by atoms with Gasteiger partial charge >= 0.3 is 6.03 Å². The Morgan fingerprint density at radius 3 is 2.56 bits per heavy atom. The van der Waals surface area contributed by atoms with E-state index in [2.05, 4.69) is 22.2 Å². The second-order valence-corrected chi connectivity index (χ2v) is 8.59. The van der Waals surface area contributed by atoms with Crippen molar-refractivity contribution in [2.45, 2.75) is 57.5 Å². The molecule has 0 unspecified atom stereocenters. The number of amides is 3.